The fourth-order valence-electron chi connectivity index (χ4n) is 4.34. The number of benzene rings is 1. The van der Waals surface area contributed by atoms with Crippen molar-refractivity contribution >= 4 is 5.82 Å². The third-order valence-electron chi connectivity index (χ3n) is 6.01. The highest BCUT2D eigenvalue weighted by Crippen LogP contribution is 2.56. The summed E-state index contributed by atoms with van der Waals surface area (Å²) < 4.78 is 19.0. The molecule has 2 unspecified atom stereocenters. The lowest BCUT2D eigenvalue weighted by atomic mass is 10.0. The molecule has 6 nitrogen and oxygen atoms in total. The number of hydrogen-bond donors (Lipinski definition) is 0. The van der Waals surface area contributed by atoms with Crippen LogP contribution in [0.3, 0.4) is 0 Å². The second kappa shape index (κ2) is 7.97. The maximum absolute atomic E-state index is 13.8. The molecule has 0 spiro atoms. The zero-order valence-corrected chi connectivity index (χ0v) is 17.0. The second-order valence-corrected chi connectivity index (χ2v) is 7.94. The molecule has 1 aliphatic heterocycles. The first-order chi connectivity index (χ1) is 14.7. The Kier molecular flexibility index (Phi) is 5.02. The van der Waals surface area contributed by atoms with Gasteiger partial charge in [0.2, 0.25) is 0 Å². The van der Waals surface area contributed by atoms with E-state index in [0.717, 1.165) is 36.5 Å². The molecule has 2 atom stereocenters. The van der Waals surface area contributed by atoms with Crippen molar-refractivity contribution in [3.05, 3.63) is 59.8 Å². The Morgan fingerprint density at radius 1 is 1.00 bits per heavy atom. The van der Waals surface area contributed by atoms with E-state index < -0.39 is 0 Å². The highest BCUT2D eigenvalue weighted by atomic mass is 19.1. The van der Waals surface area contributed by atoms with Crippen LogP contribution in [0.2, 0.25) is 0 Å². The van der Waals surface area contributed by atoms with Gasteiger partial charge in [-0.3, -0.25) is 0 Å². The lowest BCUT2D eigenvalue weighted by molar-refractivity contribution is 0.386. The lowest BCUT2D eigenvalue weighted by Gasteiger charge is -2.29. The average Bonchev–Trinajstić information content (AvgIpc) is 3.61. The van der Waals surface area contributed by atoms with Gasteiger partial charge in [0, 0.05) is 37.2 Å². The minimum atomic E-state index is -0.331. The predicted molar refractivity (Wildman–Crippen MR) is 112 cm³/mol. The number of rotatable bonds is 5. The van der Waals surface area contributed by atoms with Gasteiger partial charge in [-0.25, -0.2) is 24.3 Å². The van der Waals surface area contributed by atoms with Crippen molar-refractivity contribution < 1.29 is 9.13 Å². The highest BCUT2D eigenvalue weighted by Gasteiger charge is 2.42. The van der Waals surface area contributed by atoms with E-state index in [9.17, 15) is 4.39 Å². The number of ether oxygens (including phenoxy) is 1. The van der Waals surface area contributed by atoms with Crippen LogP contribution in [0.4, 0.5) is 10.2 Å². The summed E-state index contributed by atoms with van der Waals surface area (Å²) in [5.74, 6) is 2.70. The summed E-state index contributed by atoms with van der Waals surface area (Å²) in [7, 11) is 1.50. The molecule has 5 rings (SSSR count). The van der Waals surface area contributed by atoms with E-state index in [1.165, 1.54) is 32.4 Å². The van der Waals surface area contributed by atoms with Gasteiger partial charge < -0.3 is 9.64 Å². The first-order valence-corrected chi connectivity index (χ1v) is 10.5. The molecule has 2 fully saturated rings. The molecule has 0 bridgehead atoms. The Bertz CT molecular complexity index is 1040. The van der Waals surface area contributed by atoms with Crippen LogP contribution in [0.5, 0.6) is 5.75 Å². The van der Waals surface area contributed by atoms with E-state index in [1.54, 1.807) is 18.5 Å². The van der Waals surface area contributed by atoms with Gasteiger partial charge in [0.1, 0.15) is 5.82 Å². The normalized spacial score (nSPS) is 20.8. The van der Waals surface area contributed by atoms with Gasteiger partial charge in [-0.2, -0.15) is 0 Å². The van der Waals surface area contributed by atoms with Crippen LogP contribution >= 0.6 is 0 Å². The maximum atomic E-state index is 13.8. The van der Waals surface area contributed by atoms with Crippen LogP contribution < -0.4 is 9.64 Å². The minimum Gasteiger partial charge on any atom is -0.494 e. The number of anilines is 1. The summed E-state index contributed by atoms with van der Waals surface area (Å²) in [6, 6.07) is 6.94. The van der Waals surface area contributed by atoms with Gasteiger partial charge in [0.05, 0.1) is 7.11 Å². The van der Waals surface area contributed by atoms with Gasteiger partial charge in [-0.1, -0.05) is 6.07 Å². The van der Waals surface area contributed by atoms with Crippen molar-refractivity contribution in [1.29, 1.82) is 0 Å². The van der Waals surface area contributed by atoms with Crippen molar-refractivity contribution in [3.63, 3.8) is 0 Å². The van der Waals surface area contributed by atoms with Crippen LogP contribution in [0, 0.1) is 5.82 Å². The standard InChI is InChI=1S/C23H24FN5O/c1-30-20-12-15(6-7-19(20)24)16-13-17(16)18-14-27-22(21-25-8-5-9-26-21)28-23(18)29-10-3-2-4-11-29/h5-9,12,14,16-17H,2-4,10-11,13H2,1H3. The molecule has 1 aliphatic carbocycles. The van der Waals surface area contributed by atoms with Crippen molar-refractivity contribution in [1.82, 2.24) is 19.9 Å². The number of methoxy groups -OCH3 is 1. The Hall–Kier alpha value is -3.09. The fraction of sp³-hybridized carbons (Fsp3) is 0.391. The average molecular weight is 405 g/mol. The molecule has 2 aliphatic rings. The topological polar surface area (TPSA) is 64.0 Å². The van der Waals surface area contributed by atoms with Crippen LogP contribution in [-0.4, -0.2) is 40.1 Å². The number of halogens is 1. The minimum absolute atomic E-state index is 0.294. The monoisotopic (exact) mass is 405 g/mol. The smallest absolute Gasteiger partial charge is 0.199 e. The van der Waals surface area contributed by atoms with E-state index in [2.05, 4.69) is 19.9 Å². The molecule has 7 heteroatoms. The van der Waals surface area contributed by atoms with Gasteiger partial charge in [0.25, 0.3) is 0 Å². The number of hydrogen-bond acceptors (Lipinski definition) is 6. The molecule has 0 radical (unpaired) electrons. The van der Waals surface area contributed by atoms with Gasteiger partial charge in [0.15, 0.2) is 23.2 Å². The number of aromatic nitrogens is 4. The van der Waals surface area contributed by atoms with E-state index in [-0.39, 0.29) is 5.82 Å². The molecule has 0 N–H and O–H groups in total. The van der Waals surface area contributed by atoms with Crippen molar-refractivity contribution in [2.75, 3.05) is 25.1 Å². The number of piperidine rings is 1. The van der Waals surface area contributed by atoms with Gasteiger partial charge >= 0.3 is 0 Å². The quantitative estimate of drug-likeness (QED) is 0.629. The summed E-state index contributed by atoms with van der Waals surface area (Å²) >= 11 is 0. The lowest BCUT2D eigenvalue weighted by Crippen LogP contribution is -2.31. The van der Waals surface area contributed by atoms with Gasteiger partial charge in [-0.15, -0.1) is 0 Å². The summed E-state index contributed by atoms with van der Waals surface area (Å²) in [5, 5.41) is 0. The van der Waals surface area contributed by atoms with E-state index >= 15 is 0 Å². The maximum Gasteiger partial charge on any atom is 0.199 e. The summed E-state index contributed by atoms with van der Waals surface area (Å²) in [4.78, 5) is 20.5. The molecule has 154 valence electrons. The molecule has 3 heterocycles. The molecular formula is C23H24FN5O. The summed E-state index contributed by atoms with van der Waals surface area (Å²) in [6.07, 6.45) is 9.95. The largest absolute Gasteiger partial charge is 0.494 e. The molecular weight excluding hydrogens is 381 g/mol. The van der Waals surface area contributed by atoms with Crippen LogP contribution in [0.15, 0.2) is 42.9 Å². The van der Waals surface area contributed by atoms with E-state index in [4.69, 9.17) is 9.72 Å². The SMILES string of the molecule is COc1cc(C2CC2c2cnc(-c3ncccn3)nc2N2CCCCC2)ccc1F. The van der Waals surface area contributed by atoms with Crippen LogP contribution in [0.25, 0.3) is 11.6 Å². The molecule has 3 aromatic rings. The third-order valence-corrected chi connectivity index (χ3v) is 6.01. The second-order valence-electron chi connectivity index (χ2n) is 7.94. The van der Waals surface area contributed by atoms with Crippen molar-refractivity contribution in [2.24, 2.45) is 0 Å². The first-order valence-electron chi connectivity index (χ1n) is 10.5. The van der Waals surface area contributed by atoms with Gasteiger partial charge in [-0.05, 0) is 61.3 Å². The first kappa shape index (κ1) is 18.9. The predicted octanol–water partition coefficient (Wildman–Crippen LogP) is 4.34. The summed E-state index contributed by atoms with van der Waals surface area (Å²) in [5.41, 5.74) is 2.25. The molecule has 1 saturated heterocycles. The van der Waals surface area contributed by atoms with E-state index in [0.29, 0.717) is 29.2 Å². The molecule has 2 aromatic heterocycles. The zero-order chi connectivity index (χ0) is 20.5. The molecule has 0 amide bonds. The van der Waals surface area contributed by atoms with Crippen LogP contribution in [-0.2, 0) is 0 Å². The Labute approximate surface area is 175 Å². The van der Waals surface area contributed by atoms with Crippen molar-refractivity contribution in [2.45, 2.75) is 37.5 Å². The third kappa shape index (κ3) is 3.60. The van der Waals surface area contributed by atoms with Crippen molar-refractivity contribution in [3.8, 4) is 17.4 Å². The van der Waals surface area contributed by atoms with Crippen LogP contribution in [0.1, 0.15) is 48.6 Å². The Morgan fingerprint density at radius 3 is 2.57 bits per heavy atom. The number of nitrogens with zero attached hydrogens (tertiary/aromatic N) is 5. The molecule has 1 saturated carbocycles. The zero-order valence-electron chi connectivity index (χ0n) is 17.0. The highest BCUT2D eigenvalue weighted by molar-refractivity contribution is 5.57. The molecule has 1 aromatic carbocycles. The Balaban J connectivity index is 1.49. The van der Waals surface area contributed by atoms with E-state index in [1.807, 2.05) is 18.3 Å². The fourth-order valence-corrected chi connectivity index (χ4v) is 4.34. The Morgan fingerprint density at radius 2 is 1.80 bits per heavy atom. The summed E-state index contributed by atoms with van der Waals surface area (Å²) in [6.45, 7) is 2.00. The molecule has 30 heavy (non-hydrogen) atoms.